The molecule has 1 aromatic rings. The van der Waals surface area contributed by atoms with Gasteiger partial charge in [0.1, 0.15) is 6.54 Å². The molecule has 1 aromatic carbocycles. The van der Waals surface area contributed by atoms with Crippen LogP contribution in [0.2, 0.25) is 0 Å². The first-order valence-electron chi connectivity index (χ1n) is 6.41. The first-order chi connectivity index (χ1) is 10.4. The molecule has 2 rings (SSSR count). The Morgan fingerprint density at radius 1 is 1.45 bits per heavy atom. The quantitative estimate of drug-likeness (QED) is 0.809. The summed E-state index contributed by atoms with van der Waals surface area (Å²) >= 11 is 0. The molecule has 114 valence electrons. The van der Waals surface area contributed by atoms with Crippen LogP contribution >= 0.6 is 0 Å². The molecule has 22 heavy (non-hydrogen) atoms. The number of ether oxygens (including phenoxy) is 1. The minimum Gasteiger partial charge on any atom is -0.504 e. The molecular weight excluding hydrogens is 288 g/mol. The van der Waals surface area contributed by atoms with Crippen LogP contribution in [0.4, 0.5) is 0 Å². The summed E-state index contributed by atoms with van der Waals surface area (Å²) in [7, 11) is 1.37. The van der Waals surface area contributed by atoms with E-state index in [1.54, 1.807) is 0 Å². The van der Waals surface area contributed by atoms with Crippen molar-refractivity contribution in [1.82, 2.24) is 4.90 Å². The summed E-state index contributed by atoms with van der Waals surface area (Å²) < 4.78 is 5.01. The van der Waals surface area contributed by atoms with Gasteiger partial charge in [-0.1, -0.05) is 6.07 Å². The van der Waals surface area contributed by atoms with Gasteiger partial charge in [0.25, 0.3) is 5.91 Å². The second-order valence-corrected chi connectivity index (χ2v) is 4.74. The van der Waals surface area contributed by atoms with Crippen LogP contribution in [0, 0.1) is 11.3 Å². The summed E-state index contributed by atoms with van der Waals surface area (Å²) in [5.74, 6) is -1.83. The average molecular weight is 302 g/mol. The molecule has 0 saturated heterocycles. The van der Waals surface area contributed by atoms with Crippen LogP contribution < -0.4 is 4.74 Å². The van der Waals surface area contributed by atoms with Gasteiger partial charge in [0.15, 0.2) is 23.0 Å². The number of amides is 1. The lowest BCUT2D eigenvalue weighted by Gasteiger charge is -2.24. The molecule has 1 atom stereocenters. The van der Waals surface area contributed by atoms with Crippen molar-refractivity contribution in [2.75, 3.05) is 13.7 Å². The molecule has 1 aliphatic heterocycles. The maximum atomic E-state index is 12.0. The highest BCUT2D eigenvalue weighted by atomic mass is 16.5. The van der Waals surface area contributed by atoms with Crippen LogP contribution in [0.15, 0.2) is 29.5 Å². The Labute approximate surface area is 126 Å². The summed E-state index contributed by atoms with van der Waals surface area (Å²) in [6.07, 6.45) is 0. The highest BCUT2D eigenvalue weighted by Crippen LogP contribution is 2.40. The maximum Gasteiger partial charge on any atom is 0.290 e. The Bertz CT molecular complexity index is 717. The van der Waals surface area contributed by atoms with Crippen molar-refractivity contribution < 1.29 is 24.5 Å². The third-order valence-corrected chi connectivity index (χ3v) is 3.44. The SMILES string of the molecule is COc1cc([C@H]2C(C(C)=O)=C(O)C(=O)N2CC#N)ccc1O. The molecule has 7 nitrogen and oxygen atoms in total. The number of Topliss-reactive ketones (excluding diaryl/α,β-unsaturated/α-hetero) is 1. The van der Waals surface area contributed by atoms with Crippen LogP contribution in [-0.4, -0.2) is 40.5 Å². The number of rotatable bonds is 4. The highest BCUT2D eigenvalue weighted by Gasteiger charge is 2.42. The second-order valence-electron chi connectivity index (χ2n) is 4.74. The Morgan fingerprint density at radius 3 is 2.68 bits per heavy atom. The normalized spacial score (nSPS) is 17.6. The number of aliphatic hydroxyl groups is 1. The zero-order valence-corrected chi connectivity index (χ0v) is 12.0. The van der Waals surface area contributed by atoms with Crippen molar-refractivity contribution in [2.45, 2.75) is 13.0 Å². The number of phenols is 1. The lowest BCUT2D eigenvalue weighted by Crippen LogP contribution is -2.31. The number of aromatic hydroxyl groups is 1. The van der Waals surface area contributed by atoms with Gasteiger partial charge in [0.2, 0.25) is 0 Å². The third-order valence-electron chi connectivity index (χ3n) is 3.44. The first kappa shape index (κ1) is 15.4. The number of carbonyl (C=O) groups excluding carboxylic acids is 2. The van der Waals surface area contributed by atoms with Crippen LogP contribution in [0.25, 0.3) is 0 Å². The molecule has 2 N–H and O–H groups in total. The largest absolute Gasteiger partial charge is 0.504 e. The Morgan fingerprint density at radius 2 is 2.14 bits per heavy atom. The predicted molar refractivity (Wildman–Crippen MR) is 75.1 cm³/mol. The molecule has 0 saturated carbocycles. The number of ketones is 1. The van der Waals surface area contributed by atoms with E-state index in [2.05, 4.69) is 0 Å². The van der Waals surface area contributed by atoms with Crippen molar-refractivity contribution in [3.8, 4) is 17.6 Å². The summed E-state index contributed by atoms with van der Waals surface area (Å²) in [5, 5.41) is 28.4. The van der Waals surface area contributed by atoms with Gasteiger partial charge in [0, 0.05) is 0 Å². The van der Waals surface area contributed by atoms with E-state index in [4.69, 9.17) is 10.00 Å². The van der Waals surface area contributed by atoms with Gasteiger partial charge in [-0.05, 0) is 24.6 Å². The van der Waals surface area contributed by atoms with Gasteiger partial charge in [-0.2, -0.15) is 5.26 Å². The van der Waals surface area contributed by atoms with E-state index in [-0.39, 0.29) is 23.6 Å². The lowest BCUT2D eigenvalue weighted by atomic mass is 9.96. The topological polar surface area (TPSA) is 111 Å². The fourth-order valence-corrected chi connectivity index (χ4v) is 2.46. The second kappa shape index (κ2) is 5.77. The van der Waals surface area contributed by atoms with E-state index in [9.17, 15) is 19.8 Å². The maximum absolute atomic E-state index is 12.0. The Kier molecular flexibility index (Phi) is 4.04. The van der Waals surface area contributed by atoms with Gasteiger partial charge in [-0.15, -0.1) is 0 Å². The van der Waals surface area contributed by atoms with Crippen molar-refractivity contribution in [2.24, 2.45) is 0 Å². The Balaban J connectivity index is 2.60. The third kappa shape index (κ3) is 2.35. The number of hydrogen-bond acceptors (Lipinski definition) is 6. The number of nitrogens with zero attached hydrogens (tertiary/aromatic N) is 2. The number of benzene rings is 1. The summed E-state index contributed by atoms with van der Waals surface area (Å²) in [6, 6.07) is 5.26. The van der Waals surface area contributed by atoms with Crippen molar-refractivity contribution in [1.29, 1.82) is 5.26 Å². The molecule has 1 amide bonds. The summed E-state index contributed by atoms with van der Waals surface area (Å²) in [6.45, 7) is 0.951. The van der Waals surface area contributed by atoms with Gasteiger partial charge < -0.3 is 19.8 Å². The number of nitriles is 1. The van der Waals surface area contributed by atoms with Crippen molar-refractivity contribution >= 4 is 11.7 Å². The monoisotopic (exact) mass is 302 g/mol. The molecule has 0 fully saturated rings. The zero-order valence-electron chi connectivity index (χ0n) is 12.0. The molecule has 0 bridgehead atoms. The molecule has 1 heterocycles. The smallest absolute Gasteiger partial charge is 0.290 e. The predicted octanol–water partition coefficient (Wildman–Crippen LogP) is 1.21. The number of carbonyl (C=O) groups is 2. The summed E-state index contributed by atoms with van der Waals surface area (Å²) in [5.41, 5.74) is 0.375. The number of aliphatic hydroxyl groups excluding tert-OH is 1. The Hall–Kier alpha value is -3.01. The standard InChI is InChI=1S/C15H14N2O5/c1-8(18)12-13(17(6-5-16)15(21)14(12)20)9-3-4-10(19)11(7-9)22-2/h3-4,7,13,19-20H,6H2,1-2H3/t13-/m0/s1. The molecule has 0 aliphatic carbocycles. The average Bonchev–Trinajstić information content (AvgIpc) is 2.73. The fraction of sp³-hybridized carbons (Fsp3) is 0.267. The van der Waals surface area contributed by atoms with Crippen molar-refractivity contribution in [3.63, 3.8) is 0 Å². The van der Waals surface area contributed by atoms with Crippen LogP contribution in [0.1, 0.15) is 18.5 Å². The van der Waals surface area contributed by atoms with E-state index in [1.165, 1.54) is 32.2 Å². The van der Waals surface area contributed by atoms with E-state index in [1.807, 2.05) is 6.07 Å². The fourth-order valence-electron chi connectivity index (χ4n) is 2.46. The summed E-state index contributed by atoms with van der Waals surface area (Å²) in [4.78, 5) is 24.9. The number of phenolic OH excluding ortho intramolecular Hbond substituents is 1. The van der Waals surface area contributed by atoms with E-state index >= 15 is 0 Å². The highest BCUT2D eigenvalue weighted by molar-refractivity contribution is 6.08. The number of methoxy groups -OCH3 is 1. The lowest BCUT2D eigenvalue weighted by molar-refractivity contribution is -0.128. The molecule has 0 aromatic heterocycles. The minimum absolute atomic E-state index is 0.0759. The van der Waals surface area contributed by atoms with Gasteiger partial charge in [0.05, 0.1) is 24.8 Å². The van der Waals surface area contributed by atoms with Gasteiger partial charge in [-0.25, -0.2) is 0 Å². The van der Waals surface area contributed by atoms with Gasteiger partial charge in [-0.3, -0.25) is 9.59 Å². The van der Waals surface area contributed by atoms with E-state index in [0.717, 1.165) is 4.90 Å². The van der Waals surface area contributed by atoms with E-state index in [0.29, 0.717) is 5.56 Å². The molecule has 0 unspecified atom stereocenters. The zero-order chi connectivity index (χ0) is 16.4. The molecule has 1 aliphatic rings. The molecular formula is C15H14N2O5. The van der Waals surface area contributed by atoms with Crippen LogP contribution in [0.5, 0.6) is 11.5 Å². The first-order valence-corrected chi connectivity index (χ1v) is 6.41. The van der Waals surface area contributed by atoms with E-state index < -0.39 is 23.5 Å². The van der Waals surface area contributed by atoms with Crippen LogP contribution in [0.3, 0.4) is 0 Å². The molecule has 0 spiro atoms. The van der Waals surface area contributed by atoms with Crippen LogP contribution in [-0.2, 0) is 9.59 Å². The molecule has 7 heteroatoms. The van der Waals surface area contributed by atoms with Gasteiger partial charge >= 0.3 is 0 Å². The van der Waals surface area contributed by atoms with Crippen molar-refractivity contribution in [3.05, 3.63) is 35.1 Å². The molecule has 0 radical (unpaired) electrons. The minimum atomic E-state index is -0.890. The number of hydrogen-bond donors (Lipinski definition) is 2.